The van der Waals surface area contributed by atoms with E-state index >= 15 is 0 Å². The third-order valence-corrected chi connectivity index (χ3v) is 3.97. The van der Waals surface area contributed by atoms with E-state index in [2.05, 4.69) is 39.2 Å². The molecular formula is C17H21N5O. The number of aromatic nitrogens is 2. The van der Waals surface area contributed by atoms with Gasteiger partial charge >= 0.3 is 6.03 Å². The van der Waals surface area contributed by atoms with Gasteiger partial charge < -0.3 is 15.1 Å². The Balaban J connectivity index is 1.48. The van der Waals surface area contributed by atoms with Crippen LogP contribution < -0.4 is 10.2 Å². The number of benzene rings is 1. The van der Waals surface area contributed by atoms with E-state index in [1.165, 1.54) is 5.56 Å². The molecule has 1 aliphatic heterocycles. The quantitative estimate of drug-likeness (QED) is 0.939. The van der Waals surface area contributed by atoms with Crippen LogP contribution in [0.2, 0.25) is 0 Å². The lowest BCUT2D eigenvalue weighted by Crippen LogP contribution is -2.51. The number of amides is 2. The fourth-order valence-corrected chi connectivity index (χ4v) is 2.70. The second-order valence-corrected chi connectivity index (χ2v) is 5.69. The molecule has 0 aliphatic carbocycles. The van der Waals surface area contributed by atoms with Crippen LogP contribution in [0.5, 0.6) is 0 Å². The fourth-order valence-electron chi connectivity index (χ4n) is 2.70. The third-order valence-electron chi connectivity index (χ3n) is 3.97. The van der Waals surface area contributed by atoms with Gasteiger partial charge in [-0.15, -0.1) is 0 Å². The number of urea groups is 1. The Bertz CT molecular complexity index is 653. The summed E-state index contributed by atoms with van der Waals surface area (Å²) < 4.78 is 0. The molecule has 2 amide bonds. The van der Waals surface area contributed by atoms with Crippen LogP contribution in [0.1, 0.15) is 11.1 Å². The van der Waals surface area contributed by atoms with Crippen molar-refractivity contribution in [2.75, 3.05) is 31.1 Å². The Morgan fingerprint density at radius 1 is 1.22 bits per heavy atom. The Hall–Kier alpha value is -2.63. The van der Waals surface area contributed by atoms with Crippen LogP contribution in [0.15, 0.2) is 42.9 Å². The lowest BCUT2D eigenvalue weighted by Gasteiger charge is -2.35. The van der Waals surface area contributed by atoms with E-state index < -0.39 is 0 Å². The van der Waals surface area contributed by atoms with Crippen molar-refractivity contribution >= 4 is 11.8 Å². The molecule has 1 fully saturated rings. The first-order chi connectivity index (χ1) is 11.2. The zero-order chi connectivity index (χ0) is 16.1. The molecule has 6 heteroatoms. The summed E-state index contributed by atoms with van der Waals surface area (Å²) in [6.45, 7) is 5.54. The predicted octanol–water partition coefficient (Wildman–Crippen LogP) is 1.82. The molecule has 1 saturated heterocycles. The fraction of sp³-hybridized carbons (Fsp3) is 0.353. The molecule has 0 atom stereocenters. The molecule has 120 valence electrons. The molecule has 2 aromatic rings. The van der Waals surface area contributed by atoms with E-state index in [0.717, 1.165) is 24.5 Å². The van der Waals surface area contributed by atoms with Crippen molar-refractivity contribution in [3.8, 4) is 0 Å². The summed E-state index contributed by atoms with van der Waals surface area (Å²) in [5.41, 5.74) is 2.32. The van der Waals surface area contributed by atoms with Gasteiger partial charge in [0.15, 0.2) is 0 Å². The number of nitrogens with zero attached hydrogens (tertiary/aromatic N) is 4. The van der Waals surface area contributed by atoms with Crippen LogP contribution in [-0.2, 0) is 6.54 Å². The normalized spacial score (nSPS) is 14.7. The highest BCUT2D eigenvalue weighted by atomic mass is 16.2. The number of aryl methyl sites for hydroxylation is 1. The molecule has 0 unspecified atom stereocenters. The van der Waals surface area contributed by atoms with Crippen LogP contribution in [0.25, 0.3) is 0 Å². The number of carbonyl (C=O) groups excluding carboxylic acids is 1. The van der Waals surface area contributed by atoms with Crippen LogP contribution in [0, 0.1) is 6.92 Å². The van der Waals surface area contributed by atoms with Crippen molar-refractivity contribution in [2.45, 2.75) is 13.5 Å². The Morgan fingerprint density at radius 2 is 2.04 bits per heavy atom. The zero-order valence-corrected chi connectivity index (χ0v) is 13.3. The van der Waals surface area contributed by atoms with Crippen LogP contribution >= 0.6 is 0 Å². The Labute approximate surface area is 136 Å². The lowest BCUT2D eigenvalue weighted by atomic mass is 10.1. The van der Waals surface area contributed by atoms with E-state index in [4.69, 9.17) is 0 Å². The smallest absolute Gasteiger partial charge is 0.317 e. The maximum absolute atomic E-state index is 12.3. The van der Waals surface area contributed by atoms with Crippen molar-refractivity contribution < 1.29 is 4.79 Å². The molecule has 1 aliphatic rings. The molecule has 0 saturated carbocycles. The average Bonchev–Trinajstić information content (AvgIpc) is 2.61. The van der Waals surface area contributed by atoms with Gasteiger partial charge in [-0.25, -0.2) is 9.78 Å². The summed E-state index contributed by atoms with van der Waals surface area (Å²) in [6, 6.07) is 8.17. The minimum absolute atomic E-state index is 0.00898. The molecule has 23 heavy (non-hydrogen) atoms. The molecule has 6 nitrogen and oxygen atoms in total. The van der Waals surface area contributed by atoms with Gasteiger partial charge in [0.05, 0.1) is 6.20 Å². The van der Waals surface area contributed by atoms with Crippen molar-refractivity contribution in [2.24, 2.45) is 0 Å². The molecule has 3 rings (SSSR count). The maximum Gasteiger partial charge on any atom is 0.317 e. The van der Waals surface area contributed by atoms with Gasteiger partial charge in [0.2, 0.25) is 0 Å². The van der Waals surface area contributed by atoms with Crippen LogP contribution in [0.4, 0.5) is 10.6 Å². The summed E-state index contributed by atoms with van der Waals surface area (Å²) in [4.78, 5) is 24.7. The van der Waals surface area contributed by atoms with Crippen molar-refractivity contribution in [3.05, 3.63) is 54.0 Å². The summed E-state index contributed by atoms with van der Waals surface area (Å²) in [7, 11) is 0. The largest absolute Gasteiger partial charge is 0.352 e. The van der Waals surface area contributed by atoms with Gasteiger partial charge in [-0.1, -0.05) is 29.8 Å². The van der Waals surface area contributed by atoms with Crippen molar-refractivity contribution in [1.29, 1.82) is 0 Å². The van der Waals surface area contributed by atoms with E-state index in [0.29, 0.717) is 19.6 Å². The third kappa shape index (κ3) is 3.97. The number of hydrogen-bond donors (Lipinski definition) is 1. The highest BCUT2D eigenvalue weighted by Gasteiger charge is 2.21. The first kappa shape index (κ1) is 15.3. The molecule has 0 bridgehead atoms. The van der Waals surface area contributed by atoms with Crippen LogP contribution in [-0.4, -0.2) is 47.1 Å². The van der Waals surface area contributed by atoms with E-state index in [-0.39, 0.29) is 6.03 Å². The second kappa shape index (κ2) is 7.09. The number of carbonyl (C=O) groups is 1. The second-order valence-electron chi connectivity index (χ2n) is 5.69. The number of anilines is 1. The standard InChI is InChI=1S/C17H21N5O/c1-14-3-2-4-15(11-14)12-20-17(23)22-9-7-21(8-10-22)16-13-18-5-6-19-16/h2-6,11,13H,7-10,12H2,1H3,(H,20,23). The predicted molar refractivity (Wildman–Crippen MR) is 89.2 cm³/mol. The highest BCUT2D eigenvalue weighted by Crippen LogP contribution is 2.11. The summed E-state index contributed by atoms with van der Waals surface area (Å²) >= 11 is 0. The summed E-state index contributed by atoms with van der Waals surface area (Å²) in [6.07, 6.45) is 5.11. The first-order valence-corrected chi connectivity index (χ1v) is 7.81. The monoisotopic (exact) mass is 311 g/mol. The molecule has 1 aromatic heterocycles. The molecule has 0 radical (unpaired) electrons. The minimum Gasteiger partial charge on any atom is -0.352 e. The van der Waals surface area contributed by atoms with E-state index in [9.17, 15) is 4.79 Å². The summed E-state index contributed by atoms with van der Waals surface area (Å²) in [5, 5.41) is 2.99. The molecule has 0 spiro atoms. The van der Waals surface area contributed by atoms with Gasteiger partial charge in [0, 0.05) is 45.1 Å². The zero-order valence-electron chi connectivity index (χ0n) is 13.3. The number of hydrogen-bond acceptors (Lipinski definition) is 4. The topological polar surface area (TPSA) is 61.4 Å². The number of piperazine rings is 1. The van der Waals surface area contributed by atoms with E-state index in [1.54, 1.807) is 18.6 Å². The average molecular weight is 311 g/mol. The highest BCUT2D eigenvalue weighted by molar-refractivity contribution is 5.74. The minimum atomic E-state index is -0.00898. The van der Waals surface area contributed by atoms with Gasteiger partial charge in [-0.3, -0.25) is 4.98 Å². The molecule has 2 heterocycles. The maximum atomic E-state index is 12.3. The molecular weight excluding hydrogens is 290 g/mol. The van der Waals surface area contributed by atoms with E-state index in [1.807, 2.05) is 17.0 Å². The summed E-state index contributed by atoms with van der Waals surface area (Å²) in [5.74, 6) is 0.868. The Kier molecular flexibility index (Phi) is 4.71. The molecule has 1 aromatic carbocycles. The first-order valence-electron chi connectivity index (χ1n) is 7.81. The number of rotatable bonds is 3. The van der Waals surface area contributed by atoms with Gasteiger partial charge in [0.1, 0.15) is 5.82 Å². The van der Waals surface area contributed by atoms with Crippen LogP contribution in [0.3, 0.4) is 0 Å². The Morgan fingerprint density at radius 3 is 2.74 bits per heavy atom. The van der Waals surface area contributed by atoms with Gasteiger partial charge in [0.25, 0.3) is 0 Å². The lowest BCUT2D eigenvalue weighted by molar-refractivity contribution is 0.194. The van der Waals surface area contributed by atoms with Crippen molar-refractivity contribution in [3.63, 3.8) is 0 Å². The molecule has 1 N–H and O–H groups in total. The van der Waals surface area contributed by atoms with Crippen molar-refractivity contribution in [1.82, 2.24) is 20.2 Å². The van der Waals surface area contributed by atoms with Gasteiger partial charge in [-0.2, -0.15) is 0 Å². The number of nitrogens with one attached hydrogen (secondary N) is 1. The van der Waals surface area contributed by atoms with Gasteiger partial charge in [-0.05, 0) is 12.5 Å². The SMILES string of the molecule is Cc1cccc(CNC(=O)N2CCN(c3cnccn3)CC2)c1.